The molecule has 0 radical (unpaired) electrons. The average Bonchev–Trinajstić information content (AvgIpc) is 3.14. The summed E-state index contributed by atoms with van der Waals surface area (Å²) in [5, 5.41) is 10.8. The largest absolute Gasteiger partial charge is 0.495 e. The van der Waals surface area contributed by atoms with E-state index in [1.165, 1.54) is 0 Å². The van der Waals surface area contributed by atoms with Gasteiger partial charge in [0.05, 0.1) is 30.7 Å². The highest BCUT2D eigenvalue weighted by molar-refractivity contribution is 6.31. The maximum atomic E-state index is 12.4. The van der Waals surface area contributed by atoms with Crippen LogP contribution in [-0.2, 0) is 4.79 Å². The molecule has 7 heteroatoms. The molecule has 134 valence electrons. The van der Waals surface area contributed by atoms with E-state index < -0.39 is 0 Å². The lowest BCUT2D eigenvalue weighted by Gasteiger charge is -2.14. The van der Waals surface area contributed by atoms with Crippen LogP contribution in [0.5, 0.6) is 5.75 Å². The molecule has 1 aromatic heterocycles. The van der Waals surface area contributed by atoms with E-state index in [0.717, 1.165) is 11.3 Å². The van der Waals surface area contributed by atoms with Crippen molar-refractivity contribution in [1.29, 1.82) is 0 Å². The van der Waals surface area contributed by atoms with E-state index in [0.29, 0.717) is 22.1 Å². The zero-order valence-electron chi connectivity index (χ0n) is 14.5. The van der Waals surface area contributed by atoms with Crippen molar-refractivity contribution in [3.8, 4) is 11.4 Å². The lowest BCUT2D eigenvalue weighted by atomic mass is 10.2. The number of amides is 1. The summed E-state index contributed by atoms with van der Waals surface area (Å²) in [5.41, 5.74) is 3.19. The second kappa shape index (κ2) is 7.93. The van der Waals surface area contributed by atoms with E-state index in [1.807, 2.05) is 43.5 Å². The van der Waals surface area contributed by atoms with Crippen LogP contribution in [0.4, 0.5) is 11.4 Å². The Hall–Kier alpha value is -2.99. The number of carbonyl (C=O) groups is 1. The third-order valence-electron chi connectivity index (χ3n) is 3.78. The highest BCUT2D eigenvalue weighted by Crippen LogP contribution is 2.26. The molecule has 0 fully saturated rings. The first-order valence-corrected chi connectivity index (χ1v) is 8.42. The van der Waals surface area contributed by atoms with Gasteiger partial charge in [-0.1, -0.05) is 17.7 Å². The summed E-state index contributed by atoms with van der Waals surface area (Å²) in [6.45, 7) is 2.03. The van der Waals surface area contributed by atoms with Gasteiger partial charge in [-0.05, 0) is 48.9 Å². The molecule has 3 aromatic rings. The number of aromatic nitrogens is 2. The number of halogens is 1. The van der Waals surface area contributed by atoms with Gasteiger partial charge in [-0.15, -0.1) is 0 Å². The monoisotopic (exact) mass is 370 g/mol. The predicted octanol–water partition coefficient (Wildman–Crippen LogP) is 3.89. The first kappa shape index (κ1) is 17.8. The van der Waals surface area contributed by atoms with Crippen LogP contribution in [0, 0.1) is 6.92 Å². The molecule has 0 saturated heterocycles. The number of hydrogen-bond acceptors (Lipinski definition) is 4. The molecule has 0 spiro atoms. The third kappa shape index (κ3) is 4.15. The Bertz CT molecular complexity index is 910. The van der Waals surface area contributed by atoms with Crippen LogP contribution in [-0.4, -0.2) is 29.3 Å². The van der Waals surface area contributed by atoms with Crippen LogP contribution in [0.25, 0.3) is 5.69 Å². The van der Waals surface area contributed by atoms with Crippen molar-refractivity contribution in [2.24, 2.45) is 0 Å². The average molecular weight is 371 g/mol. The van der Waals surface area contributed by atoms with Gasteiger partial charge in [0.1, 0.15) is 5.75 Å². The summed E-state index contributed by atoms with van der Waals surface area (Å²) in [5.74, 6) is 0.421. The number of nitrogens with one attached hydrogen (secondary N) is 2. The van der Waals surface area contributed by atoms with Crippen LogP contribution in [0.1, 0.15) is 5.56 Å². The van der Waals surface area contributed by atoms with Crippen LogP contribution >= 0.6 is 11.6 Å². The first-order valence-electron chi connectivity index (χ1n) is 8.05. The summed E-state index contributed by atoms with van der Waals surface area (Å²) in [6.07, 6.45) is 3.52. The van der Waals surface area contributed by atoms with E-state index in [2.05, 4.69) is 15.7 Å². The van der Waals surface area contributed by atoms with Gasteiger partial charge in [0.25, 0.3) is 0 Å². The highest BCUT2D eigenvalue weighted by Gasteiger charge is 2.10. The molecule has 26 heavy (non-hydrogen) atoms. The van der Waals surface area contributed by atoms with E-state index in [1.54, 1.807) is 30.1 Å². The molecular formula is C19H19ClN4O2. The molecule has 3 rings (SSSR count). The maximum absolute atomic E-state index is 12.4. The molecular weight excluding hydrogens is 352 g/mol. The van der Waals surface area contributed by atoms with Gasteiger partial charge in [0.2, 0.25) is 5.91 Å². The Morgan fingerprint density at radius 1 is 1.23 bits per heavy atom. The van der Waals surface area contributed by atoms with Crippen molar-refractivity contribution in [1.82, 2.24) is 9.78 Å². The summed E-state index contributed by atoms with van der Waals surface area (Å²) in [7, 11) is 1.57. The van der Waals surface area contributed by atoms with Gasteiger partial charge < -0.3 is 15.4 Å². The number of ether oxygens (including phenoxy) is 1. The van der Waals surface area contributed by atoms with Gasteiger partial charge in [0.15, 0.2) is 0 Å². The van der Waals surface area contributed by atoms with E-state index >= 15 is 0 Å². The van der Waals surface area contributed by atoms with Gasteiger partial charge in [-0.3, -0.25) is 4.79 Å². The smallest absolute Gasteiger partial charge is 0.243 e. The van der Waals surface area contributed by atoms with E-state index in [4.69, 9.17) is 16.3 Å². The van der Waals surface area contributed by atoms with Crippen LogP contribution < -0.4 is 15.4 Å². The second-order valence-corrected chi connectivity index (χ2v) is 6.15. The minimum Gasteiger partial charge on any atom is -0.495 e. The second-order valence-electron chi connectivity index (χ2n) is 5.72. The number of benzene rings is 2. The first-order chi connectivity index (χ1) is 12.6. The molecule has 2 aromatic carbocycles. The van der Waals surface area contributed by atoms with Crippen molar-refractivity contribution in [3.05, 3.63) is 65.4 Å². The number of methoxy groups -OCH3 is 1. The fraction of sp³-hybridized carbons (Fsp3) is 0.158. The molecule has 0 unspecified atom stereocenters. The minimum atomic E-state index is -0.194. The minimum absolute atomic E-state index is 0.0751. The molecule has 2 N–H and O–H groups in total. The molecule has 0 aliphatic rings. The predicted molar refractivity (Wildman–Crippen MR) is 103 cm³/mol. The summed E-state index contributed by atoms with van der Waals surface area (Å²) in [4.78, 5) is 12.4. The lowest BCUT2D eigenvalue weighted by Crippen LogP contribution is -2.22. The highest BCUT2D eigenvalue weighted by atomic mass is 35.5. The van der Waals surface area contributed by atoms with Crippen molar-refractivity contribution in [3.63, 3.8) is 0 Å². The van der Waals surface area contributed by atoms with Crippen molar-refractivity contribution in [2.45, 2.75) is 6.92 Å². The number of anilines is 2. The van der Waals surface area contributed by atoms with Crippen molar-refractivity contribution < 1.29 is 9.53 Å². The van der Waals surface area contributed by atoms with Crippen molar-refractivity contribution >= 4 is 28.9 Å². The Morgan fingerprint density at radius 3 is 2.81 bits per heavy atom. The zero-order chi connectivity index (χ0) is 18.5. The summed E-state index contributed by atoms with van der Waals surface area (Å²) in [6, 6.07) is 12.8. The zero-order valence-corrected chi connectivity index (χ0v) is 15.2. The Kier molecular flexibility index (Phi) is 5.43. The molecule has 6 nitrogen and oxygen atoms in total. The molecule has 0 aliphatic heterocycles. The van der Waals surface area contributed by atoms with E-state index in [9.17, 15) is 4.79 Å². The van der Waals surface area contributed by atoms with Gasteiger partial charge in [-0.2, -0.15) is 5.10 Å². The molecule has 0 atom stereocenters. The quantitative estimate of drug-likeness (QED) is 0.690. The summed E-state index contributed by atoms with van der Waals surface area (Å²) >= 11 is 6.09. The maximum Gasteiger partial charge on any atom is 0.243 e. The summed E-state index contributed by atoms with van der Waals surface area (Å²) < 4.78 is 6.99. The number of nitrogens with zero attached hydrogens (tertiary/aromatic N) is 2. The Labute approximate surface area is 156 Å². The number of aryl methyl sites for hydroxylation is 1. The fourth-order valence-corrected chi connectivity index (χ4v) is 2.72. The molecule has 0 bridgehead atoms. The number of hydrogen-bond donors (Lipinski definition) is 2. The lowest BCUT2D eigenvalue weighted by molar-refractivity contribution is -0.114. The van der Waals surface area contributed by atoms with E-state index in [-0.39, 0.29) is 12.5 Å². The number of carbonyl (C=O) groups excluding carboxylic acids is 1. The Balaban J connectivity index is 1.73. The topological polar surface area (TPSA) is 68.2 Å². The Morgan fingerprint density at radius 2 is 2.08 bits per heavy atom. The molecule has 0 saturated carbocycles. The normalized spacial score (nSPS) is 10.4. The fourth-order valence-electron chi connectivity index (χ4n) is 2.55. The molecule has 1 amide bonds. The number of rotatable bonds is 6. The van der Waals surface area contributed by atoms with Crippen molar-refractivity contribution in [2.75, 3.05) is 24.3 Å². The van der Waals surface area contributed by atoms with Crippen LogP contribution in [0.15, 0.2) is 54.9 Å². The third-order valence-corrected chi connectivity index (χ3v) is 4.01. The molecule has 1 heterocycles. The van der Waals surface area contributed by atoms with Crippen LogP contribution in [0.2, 0.25) is 5.02 Å². The van der Waals surface area contributed by atoms with Gasteiger partial charge >= 0.3 is 0 Å². The SMILES string of the molecule is COc1ccc(C)cc1NC(=O)CNc1cc(Cl)ccc1-n1cccn1. The van der Waals surface area contributed by atoms with Crippen LogP contribution in [0.3, 0.4) is 0 Å². The van der Waals surface area contributed by atoms with Gasteiger partial charge in [0, 0.05) is 17.4 Å². The standard InChI is InChI=1S/C19H19ClN4O2/c1-13-4-7-18(26-2)16(10-13)23-19(25)12-21-15-11-14(20)5-6-17(15)24-9-3-8-22-24/h3-11,21H,12H2,1-2H3,(H,23,25). The van der Waals surface area contributed by atoms with Gasteiger partial charge in [-0.25, -0.2) is 4.68 Å². The molecule has 0 aliphatic carbocycles.